The largest absolute Gasteiger partial charge is 0.468 e. The number of aryl methyl sites for hydroxylation is 2. The van der Waals surface area contributed by atoms with Gasteiger partial charge in [0.25, 0.3) is 0 Å². The van der Waals surface area contributed by atoms with E-state index in [4.69, 9.17) is 27.9 Å². The Morgan fingerprint density at radius 2 is 1.35 bits per heavy atom. The van der Waals surface area contributed by atoms with Gasteiger partial charge in [0, 0.05) is 27.4 Å². The molecule has 5 atom stereocenters. The Morgan fingerprint density at radius 1 is 0.837 bits per heavy atom. The van der Waals surface area contributed by atoms with Crippen LogP contribution in [0.25, 0.3) is 0 Å². The lowest BCUT2D eigenvalue weighted by Gasteiger charge is -2.54. The average Bonchev–Trinajstić information content (AvgIpc) is 3.01. The fourth-order valence-corrected chi connectivity index (χ4v) is 7.13. The molecule has 0 aliphatic heterocycles. The zero-order valence-electron chi connectivity index (χ0n) is 24.1. The van der Waals surface area contributed by atoms with Crippen LogP contribution in [0.1, 0.15) is 56.4 Å². The highest BCUT2D eigenvalue weighted by atomic mass is 35.5. The predicted molar refractivity (Wildman–Crippen MR) is 167 cm³/mol. The van der Waals surface area contributed by atoms with E-state index in [-0.39, 0.29) is 6.42 Å². The van der Waals surface area contributed by atoms with Gasteiger partial charge in [-0.2, -0.15) is 5.26 Å². The van der Waals surface area contributed by atoms with E-state index in [9.17, 15) is 20.0 Å². The number of hydrogen-bond donors (Lipinski definition) is 1. The van der Waals surface area contributed by atoms with Crippen LogP contribution in [0.4, 0.5) is 0 Å². The van der Waals surface area contributed by atoms with E-state index in [1.54, 1.807) is 48.5 Å². The first-order chi connectivity index (χ1) is 20.6. The van der Waals surface area contributed by atoms with Crippen molar-refractivity contribution in [2.75, 3.05) is 7.11 Å². The lowest BCUT2D eigenvalue weighted by molar-refractivity contribution is -0.162. The minimum atomic E-state index is -1.88. The third kappa shape index (κ3) is 5.14. The predicted octanol–water partition coefficient (Wildman–Crippen LogP) is 7.95. The number of ether oxygens (including phenoxy) is 1. The molecule has 4 aromatic rings. The number of ketones is 1. The Labute approximate surface area is 261 Å². The number of halogens is 2. The van der Waals surface area contributed by atoms with E-state index in [0.29, 0.717) is 26.7 Å². The van der Waals surface area contributed by atoms with E-state index in [1.165, 1.54) is 7.11 Å². The van der Waals surface area contributed by atoms with Crippen LogP contribution in [-0.4, -0.2) is 24.0 Å². The molecule has 1 aliphatic rings. The summed E-state index contributed by atoms with van der Waals surface area (Å²) in [7, 11) is 1.25. The SMILES string of the molecule is COC(=O)C1(C#N)C(c2ccccc2C)CC(O)(c2ccc(Cl)cc2)C(C(=O)c2ccc(Cl)cc2)C1c1ccccc1C. The molecule has 43 heavy (non-hydrogen) atoms. The molecule has 5 rings (SSSR count). The maximum atomic E-state index is 14.8. The smallest absolute Gasteiger partial charge is 0.327 e. The Bertz CT molecular complexity index is 1710. The third-order valence-electron chi connectivity index (χ3n) is 8.95. The molecule has 1 fully saturated rings. The molecule has 7 heteroatoms. The summed E-state index contributed by atoms with van der Waals surface area (Å²) in [4.78, 5) is 29.0. The minimum Gasteiger partial charge on any atom is -0.468 e. The van der Waals surface area contributed by atoms with Crippen molar-refractivity contribution < 1.29 is 19.4 Å². The monoisotopic (exact) mass is 611 g/mol. The summed E-state index contributed by atoms with van der Waals surface area (Å²) in [6, 6.07) is 30.4. The lowest BCUT2D eigenvalue weighted by Crippen LogP contribution is -2.59. The first kappa shape index (κ1) is 30.5. The van der Waals surface area contributed by atoms with Crippen molar-refractivity contribution in [1.29, 1.82) is 5.26 Å². The summed E-state index contributed by atoms with van der Waals surface area (Å²) in [5.41, 5.74) is -0.00249. The van der Waals surface area contributed by atoms with Crippen molar-refractivity contribution in [2.24, 2.45) is 11.3 Å². The molecule has 1 N–H and O–H groups in total. The van der Waals surface area contributed by atoms with Crippen molar-refractivity contribution >= 4 is 35.0 Å². The topological polar surface area (TPSA) is 87.4 Å². The molecule has 218 valence electrons. The number of methoxy groups -OCH3 is 1. The number of nitriles is 1. The highest BCUT2D eigenvalue weighted by molar-refractivity contribution is 6.31. The van der Waals surface area contributed by atoms with Crippen LogP contribution < -0.4 is 0 Å². The minimum absolute atomic E-state index is 0.103. The Balaban J connectivity index is 1.93. The summed E-state index contributed by atoms with van der Waals surface area (Å²) < 4.78 is 5.42. The second-order valence-electron chi connectivity index (χ2n) is 11.2. The van der Waals surface area contributed by atoms with Gasteiger partial charge >= 0.3 is 5.97 Å². The molecule has 1 saturated carbocycles. The van der Waals surface area contributed by atoms with Crippen molar-refractivity contribution in [3.8, 4) is 6.07 Å². The van der Waals surface area contributed by atoms with Crippen molar-refractivity contribution in [2.45, 2.75) is 37.7 Å². The maximum Gasteiger partial charge on any atom is 0.327 e. The number of hydrogen-bond acceptors (Lipinski definition) is 5. The van der Waals surface area contributed by atoms with Crippen LogP contribution in [0.3, 0.4) is 0 Å². The van der Waals surface area contributed by atoms with Gasteiger partial charge in [-0.25, -0.2) is 0 Å². The van der Waals surface area contributed by atoms with Gasteiger partial charge in [-0.15, -0.1) is 0 Å². The van der Waals surface area contributed by atoms with Gasteiger partial charge in [-0.05, 0) is 84.5 Å². The lowest BCUT2D eigenvalue weighted by atomic mass is 9.47. The Kier molecular flexibility index (Phi) is 8.49. The number of esters is 1. The van der Waals surface area contributed by atoms with Crippen molar-refractivity contribution in [1.82, 2.24) is 0 Å². The first-order valence-corrected chi connectivity index (χ1v) is 14.7. The summed E-state index contributed by atoms with van der Waals surface area (Å²) in [6.07, 6.45) is -0.103. The molecule has 0 heterocycles. The second-order valence-corrected chi connectivity index (χ2v) is 12.1. The summed E-state index contributed by atoms with van der Waals surface area (Å²) in [5, 5.41) is 25.2. The molecule has 5 nitrogen and oxygen atoms in total. The highest BCUT2D eigenvalue weighted by Gasteiger charge is 2.68. The van der Waals surface area contributed by atoms with E-state index in [2.05, 4.69) is 6.07 Å². The van der Waals surface area contributed by atoms with Crippen LogP contribution in [-0.2, 0) is 15.1 Å². The molecule has 0 radical (unpaired) electrons. The zero-order chi connectivity index (χ0) is 30.9. The van der Waals surface area contributed by atoms with Crippen LogP contribution in [0, 0.1) is 36.5 Å². The molecule has 1 aliphatic carbocycles. The molecule has 0 spiro atoms. The molecule has 0 saturated heterocycles. The Morgan fingerprint density at radius 3 is 1.86 bits per heavy atom. The molecule has 5 unspecified atom stereocenters. The summed E-state index contributed by atoms with van der Waals surface area (Å²) in [6.45, 7) is 3.78. The number of carbonyl (C=O) groups excluding carboxylic acids is 2. The van der Waals surface area contributed by atoms with Gasteiger partial charge in [0.05, 0.1) is 19.1 Å². The number of aliphatic hydroxyl groups is 1. The van der Waals surface area contributed by atoms with Gasteiger partial charge < -0.3 is 9.84 Å². The maximum absolute atomic E-state index is 14.8. The number of nitrogens with zero attached hydrogens (tertiary/aromatic N) is 1. The third-order valence-corrected chi connectivity index (χ3v) is 9.46. The van der Waals surface area contributed by atoms with E-state index < -0.39 is 40.5 Å². The van der Waals surface area contributed by atoms with Crippen molar-refractivity contribution in [3.05, 3.63) is 140 Å². The molecule has 4 aromatic carbocycles. The standard InChI is InChI=1S/C36H31Cl2NO4/c1-22-8-4-6-10-28(22)30-20-36(42,25-14-18-27(38)19-15-25)32(33(40)24-12-16-26(37)17-13-24)31(29-11-7-5-9-23(29)2)35(30,21-39)34(41)43-3/h4-19,30-32,42H,20H2,1-3H3. The Hall–Kier alpha value is -3.95. The molecule has 0 amide bonds. The van der Waals surface area contributed by atoms with Crippen LogP contribution in [0.5, 0.6) is 0 Å². The number of rotatable bonds is 6. The molecular weight excluding hydrogens is 581 g/mol. The fraction of sp³-hybridized carbons (Fsp3) is 0.250. The van der Waals surface area contributed by atoms with E-state index >= 15 is 0 Å². The van der Waals surface area contributed by atoms with Crippen LogP contribution in [0.15, 0.2) is 97.1 Å². The van der Waals surface area contributed by atoms with Gasteiger partial charge in [0.2, 0.25) is 0 Å². The van der Waals surface area contributed by atoms with Crippen molar-refractivity contribution in [3.63, 3.8) is 0 Å². The second kappa shape index (κ2) is 12.0. The van der Waals surface area contributed by atoms with E-state index in [1.807, 2.05) is 62.4 Å². The molecule has 0 bridgehead atoms. The first-order valence-electron chi connectivity index (χ1n) is 14.0. The normalized spacial score (nSPS) is 25.0. The number of benzene rings is 4. The van der Waals surface area contributed by atoms with Crippen LogP contribution in [0.2, 0.25) is 10.0 Å². The quantitative estimate of drug-likeness (QED) is 0.176. The molecular formula is C36H31Cl2NO4. The van der Waals surface area contributed by atoms with Crippen LogP contribution >= 0.6 is 23.2 Å². The van der Waals surface area contributed by atoms with Gasteiger partial charge in [0.1, 0.15) is 5.60 Å². The van der Waals surface area contributed by atoms with E-state index in [0.717, 1.165) is 16.7 Å². The average molecular weight is 613 g/mol. The number of carbonyl (C=O) groups is 2. The van der Waals surface area contributed by atoms with Gasteiger partial charge in [0.15, 0.2) is 11.2 Å². The number of Topliss-reactive ketones (excluding diaryl/α,β-unsaturated/α-hetero) is 1. The summed E-state index contributed by atoms with van der Waals surface area (Å²) >= 11 is 12.4. The van der Waals surface area contributed by atoms with Gasteiger partial charge in [-0.1, -0.05) is 83.9 Å². The van der Waals surface area contributed by atoms with Gasteiger partial charge in [-0.3, -0.25) is 9.59 Å². The molecule has 0 aromatic heterocycles. The highest BCUT2D eigenvalue weighted by Crippen LogP contribution is 2.64. The fourth-order valence-electron chi connectivity index (χ4n) is 6.88. The zero-order valence-corrected chi connectivity index (χ0v) is 25.6. The summed E-state index contributed by atoms with van der Waals surface area (Å²) in [5.74, 6) is -4.40.